The van der Waals surface area contributed by atoms with Crippen LogP contribution >= 0.6 is 0 Å². The third kappa shape index (κ3) is 3.14. The summed E-state index contributed by atoms with van der Waals surface area (Å²) < 4.78 is 13.0. The van der Waals surface area contributed by atoms with Gasteiger partial charge in [0.2, 0.25) is 5.89 Å². The van der Waals surface area contributed by atoms with Crippen molar-refractivity contribution in [2.45, 2.75) is 58.5 Å². The van der Waals surface area contributed by atoms with Crippen LogP contribution in [0.15, 0.2) is 16.8 Å². The van der Waals surface area contributed by atoms with Crippen molar-refractivity contribution in [2.24, 2.45) is 5.41 Å². The second-order valence-corrected chi connectivity index (χ2v) is 8.49. The fourth-order valence-corrected chi connectivity index (χ4v) is 3.95. The Balaban J connectivity index is 1.56. The molecule has 1 aliphatic heterocycles. The number of carbonyl (C=O) groups is 1. The number of rotatable bonds is 5. The molecule has 1 aliphatic carbocycles. The van der Waals surface area contributed by atoms with Crippen molar-refractivity contribution in [3.63, 3.8) is 0 Å². The molecule has 4 heterocycles. The number of hydrogen-bond acceptors (Lipinski definition) is 8. The van der Waals surface area contributed by atoms with Crippen LogP contribution in [0, 0.1) is 5.41 Å². The smallest absolute Gasteiger partial charge is 0.307 e. The zero-order valence-electron chi connectivity index (χ0n) is 16.8. The van der Waals surface area contributed by atoms with Gasteiger partial charge in [0, 0.05) is 31.1 Å². The van der Waals surface area contributed by atoms with Gasteiger partial charge in [-0.2, -0.15) is 5.10 Å². The maximum Gasteiger partial charge on any atom is 0.307 e. The molecule has 3 aromatic rings. The van der Waals surface area contributed by atoms with Crippen LogP contribution in [-0.4, -0.2) is 43.6 Å². The van der Waals surface area contributed by atoms with Crippen LogP contribution in [0.4, 0.5) is 5.69 Å². The lowest BCUT2D eigenvalue weighted by Crippen LogP contribution is -2.31. The number of nitrogens with zero attached hydrogens (tertiary/aromatic N) is 5. The number of carbonyl (C=O) groups excluding carboxylic acids is 1. The standard InChI is InChI=1S/C20H24N6O3/c1-4-26-17-12(10-22-26)16(23-11-5-6-28-15(27)7-11)13(9-21-17)18-24-25-19(29-18)14-8-20(14,2)3/h9-11,14H,4-8H2,1-3H3,(H,21,23). The average Bonchev–Trinajstić information content (AvgIpc) is 3.07. The van der Waals surface area contributed by atoms with Crippen molar-refractivity contribution in [1.29, 1.82) is 0 Å². The Labute approximate surface area is 167 Å². The first-order valence-electron chi connectivity index (χ1n) is 10.1. The third-order valence-electron chi connectivity index (χ3n) is 5.94. The lowest BCUT2D eigenvalue weighted by molar-refractivity contribution is -0.147. The number of nitrogens with one attached hydrogen (secondary N) is 1. The van der Waals surface area contributed by atoms with E-state index in [1.54, 1.807) is 12.4 Å². The summed E-state index contributed by atoms with van der Waals surface area (Å²) in [6.45, 7) is 7.54. The van der Waals surface area contributed by atoms with Crippen LogP contribution in [0.3, 0.4) is 0 Å². The Hall–Kier alpha value is -2.97. The Bertz CT molecular complexity index is 1090. The van der Waals surface area contributed by atoms with E-state index in [1.807, 2.05) is 11.6 Å². The maximum absolute atomic E-state index is 11.7. The Morgan fingerprint density at radius 3 is 2.86 bits per heavy atom. The van der Waals surface area contributed by atoms with Gasteiger partial charge in [0.1, 0.15) is 0 Å². The number of aryl methyl sites for hydroxylation is 1. The minimum atomic E-state index is -0.194. The second-order valence-electron chi connectivity index (χ2n) is 8.49. The highest BCUT2D eigenvalue weighted by Crippen LogP contribution is 2.58. The predicted molar refractivity (Wildman–Crippen MR) is 105 cm³/mol. The Morgan fingerprint density at radius 2 is 2.14 bits per heavy atom. The van der Waals surface area contributed by atoms with E-state index in [2.05, 4.69) is 39.4 Å². The topological polar surface area (TPSA) is 108 Å². The molecule has 0 bridgehead atoms. The maximum atomic E-state index is 11.7. The van der Waals surface area contributed by atoms with Crippen molar-refractivity contribution >= 4 is 22.7 Å². The number of fused-ring (bicyclic) bond motifs is 1. The zero-order chi connectivity index (χ0) is 20.2. The molecule has 0 spiro atoms. The van der Waals surface area contributed by atoms with Crippen LogP contribution in [0.25, 0.3) is 22.5 Å². The first-order valence-corrected chi connectivity index (χ1v) is 10.1. The summed E-state index contributed by atoms with van der Waals surface area (Å²) in [6, 6.07) is -0.0321. The van der Waals surface area contributed by atoms with Gasteiger partial charge in [-0.15, -0.1) is 10.2 Å². The molecular weight excluding hydrogens is 372 g/mol. The van der Waals surface area contributed by atoms with E-state index in [0.717, 1.165) is 35.1 Å². The first-order chi connectivity index (χ1) is 14.0. The van der Waals surface area contributed by atoms with E-state index >= 15 is 0 Å². The van der Waals surface area contributed by atoms with Gasteiger partial charge in [-0.05, 0) is 18.8 Å². The fourth-order valence-electron chi connectivity index (χ4n) is 3.95. The highest BCUT2D eigenvalue weighted by molar-refractivity contribution is 5.96. The second kappa shape index (κ2) is 6.53. The highest BCUT2D eigenvalue weighted by Gasteiger charge is 2.50. The molecule has 2 aliphatic rings. The number of esters is 1. The molecule has 2 unspecified atom stereocenters. The molecule has 152 valence electrons. The van der Waals surface area contributed by atoms with Crippen LogP contribution in [0.2, 0.25) is 0 Å². The van der Waals surface area contributed by atoms with E-state index in [1.165, 1.54) is 0 Å². The molecule has 2 atom stereocenters. The monoisotopic (exact) mass is 396 g/mol. The molecule has 1 saturated heterocycles. The van der Waals surface area contributed by atoms with Gasteiger partial charge < -0.3 is 14.5 Å². The van der Waals surface area contributed by atoms with Crippen LogP contribution in [0.1, 0.15) is 51.8 Å². The molecule has 0 amide bonds. The highest BCUT2D eigenvalue weighted by atomic mass is 16.5. The molecule has 3 aromatic heterocycles. The van der Waals surface area contributed by atoms with E-state index in [-0.39, 0.29) is 17.4 Å². The van der Waals surface area contributed by atoms with Gasteiger partial charge in [-0.3, -0.25) is 4.79 Å². The van der Waals surface area contributed by atoms with E-state index in [9.17, 15) is 4.79 Å². The Kier molecular flexibility index (Phi) is 4.07. The average molecular weight is 396 g/mol. The molecular formula is C20H24N6O3. The largest absolute Gasteiger partial charge is 0.466 e. The number of ether oxygens (including phenoxy) is 1. The minimum Gasteiger partial charge on any atom is -0.466 e. The minimum absolute atomic E-state index is 0.0321. The lowest BCUT2D eigenvalue weighted by Gasteiger charge is -2.24. The summed E-state index contributed by atoms with van der Waals surface area (Å²) in [5.74, 6) is 1.21. The summed E-state index contributed by atoms with van der Waals surface area (Å²) >= 11 is 0. The lowest BCUT2D eigenvalue weighted by atomic mass is 10.1. The molecule has 9 nitrogen and oxygen atoms in total. The molecule has 1 N–H and O–H groups in total. The summed E-state index contributed by atoms with van der Waals surface area (Å²) in [7, 11) is 0. The number of cyclic esters (lactones) is 1. The van der Waals surface area contributed by atoms with E-state index < -0.39 is 0 Å². The summed E-state index contributed by atoms with van der Waals surface area (Å²) in [4.78, 5) is 16.3. The molecule has 1 saturated carbocycles. The van der Waals surface area contributed by atoms with E-state index in [4.69, 9.17) is 9.15 Å². The van der Waals surface area contributed by atoms with Gasteiger partial charge in [-0.25, -0.2) is 9.67 Å². The molecule has 5 rings (SSSR count). The van der Waals surface area contributed by atoms with E-state index in [0.29, 0.717) is 37.3 Å². The van der Waals surface area contributed by atoms with Gasteiger partial charge in [0.25, 0.3) is 5.89 Å². The summed E-state index contributed by atoms with van der Waals surface area (Å²) in [6.07, 6.45) is 5.64. The zero-order valence-corrected chi connectivity index (χ0v) is 16.8. The van der Waals surface area contributed by atoms with Crippen molar-refractivity contribution in [3.8, 4) is 11.5 Å². The first kappa shape index (κ1) is 18.1. The van der Waals surface area contributed by atoms with Gasteiger partial charge in [0.15, 0.2) is 5.65 Å². The van der Waals surface area contributed by atoms with Crippen molar-refractivity contribution in [3.05, 3.63) is 18.3 Å². The fraction of sp³-hybridized carbons (Fsp3) is 0.550. The molecule has 0 radical (unpaired) electrons. The third-order valence-corrected chi connectivity index (χ3v) is 5.94. The number of pyridine rings is 1. The quantitative estimate of drug-likeness (QED) is 0.655. The van der Waals surface area contributed by atoms with Gasteiger partial charge in [0.05, 0.1) is 35.9 Å². The molecule has 29 heavy (non-hydrogen) atoms. The Morgan fingerprint density at radius 1 is 1.31 bits per heavy atom. The van der Waals surface area contributed by atoms with Crippen molar-refractivity contribution < 1.29 is 13.9 Å². The molecule has 9 heteroatoms. The number of anilines is 1. The van der Waals surface area contributed by atoms with Crippen LogP contribution in [0.5, 0.6) is 0 Å². The van der Waals surface area contributed by atoms with Crippen LogP contribution in [-0.2, 0) is 16.1 Å². The number of hydrogen-bond donors (Lipinski definition) is 1. The summed E-state index contributed by atoms with van der Waals surface area (Å²) in [5.41, 5.74) is 2.53. The summed E-state index contributed by atoms with van der Waals surface area (Å²) in [5, 5.41) is 17.4. The molecule has 0 aromatic carbocycles. The van der Waals surface area contributed by atoms with Gasteiger partial charge >= 0.3 is 5.97 Å². The SMILES string of the molecule is CCn1ncc2c(NC3CCOC(=O)C3)c(-c3nnc(C4CC4(C)C)o3)cnc21. The van der Waals surface area contributed by atoms with Gasteiger partial charge in [-0.1, -0.05) is 13.8 Å². The van der Waals surface area contributed by atoms with Crippen molar-refractivity contribution in [1.82, 2.24) is 25.0 Å². The van der Waals surface area contributed by atoms with Crippen LogP contribution < -0.4 is 5.32 Å². The number of aromatic nitrogens is 5. The van der Waals surface area contributed by atoms with Crippen molar-refractivity contribution in [2.75, 3.05) is 11.9 Å². The normalized spacial score (nSPS) is 23.2. The predicted octanol–water partition coefficient (Wildman–Crippen LogP) is 3.13. The molecule has 2 fully saturated rings.